The van der Waals surface area contributed by atoms with Gasteiger partial charge in [0, 0.05) is 19.4 Å². The minimum Gasteiger partial charge on any atom is -0.370 e. The normalized spacial score (nSPS) is 10.9. The van der Waals surface area contributed by atoms with Gasteiger partial charge in [-0.15, -0.1) is 0 Å². The first kappa shape index (κ1) is 26.9. The molecule has 4 nitrogen and oxygen atoms in total. The van der Waals surface area contributed by atoms with Crippen molar-refractivity contribution in [1.82, 2.24) is 5.32 Å². The Morgan fingerprint density at radius 1 is 0.571 bits per heavy atom. The first-order valence-electron chi connectivity index (χ1n) is 12.2. The molecule has 0 aromatic carbocycles. The van der Waals surface area contributed by atoms with Crippen LogP contribution >= 0.6 is 0 Å². The molecule has 0 rings (SSSR count). The van der Waals surface area contributed by atoms with Crippen molar-refractivity contribution in [2.75, 3.05) is 6.54 Å². The second kappa shape index (κ2) is 22.2. The number of nitrogens with one attached hydrogen (secondary N) is 1. The Morgan fingerprint density at radius 3 is 1.43 bits per heavy atom. The Labute approximate surface area is 174 Å². The quantitative estimate of drug-likeness (QED) is 0.207. The molecule has 3 N–H and O–H groups in total. The van der Waals surface area contributed by atoms with Gasteiger partial charge in [0.1, 0.15) is 0 Å². The molecule has 0 spiro atoms. The molecule has 0 aliphatic carbocycles. The monoisotopic (exact) mass is 396 g/mol. The molecule has 0 saturated heterocycles. The van der Waals surface area contributed by atoms with Crippen LogP contribution in [-0.4, -0.2) is 18.4 Å². The fraction of sp³-hybridized carbons (Fsp3) is 0.917. The third-order valence-electron chi connectivity index (χ3n) is 5.43. The summed E-state index contributed by atoms with van der Waals surface area (Å²) >= 11 is 0. The topological polar surface area (TPSA) is 72.2 Å². The number of hydrogen-bond donors (Lipinski definition) is 2. The van der Waals surface area contributed by atoms with Crippen LogP contribution in [0.3, 0.4) is 0 Å². The summed E-state index contributed by atoms with van der Waals surface area (Å²) < 4.78 is 0. The van der Waals surface area contributed by atoms with Gasteiger partial charge in [0.05, 0.1) is 0 Å². The molecular weight excluding hydrogens is 348 g/mol. The largest absolute Gasteiger partial charge is 0.370 e. The lowest BCUT2D eigenvalue weighted by Crippen LogP contribution is -2.23. The van der Waals surface area contributed by atoms with Gasteiger partial charge < -0.3 is 11.1 Å². The Kier molecular flexibility index (Phi) is 21.4. The Bertz CT molecular complexity index is 359. The number of primary amides is 1. The zero-order valence-electron chi connectivity index (χ0n) is 18.7. The Morgan fingerprint density at radius 2 is 0.964 bits per heavy atom. The zero-order valence-corrected chi connectivity index (χ0v) is 18.7. The van der Waals surface area contributed by atoms with Gasteiger partial charge in [-0.1, -0.05) is 103 Å². The van der Waals surface area contributed by atoms with Crippen LogP contribution in [0.15, 0.2) is 0 Å². The maximum absolute atomic E-state index is 11.8. The van der Waals surface area contributed by atoms with E-state index < -0.39 is 0 Å². The van der Waals surface area contributed by atoms with Crippen LogP contribution in [0.5, 0.6) is 0 Å². The van der Waals surface area contributed by atoms with Crippen molar-refractivity contribution in [2.24, 2.45) is 5.73 Å². The molecule has 4 heteroatoms. The van der Waals surface area contributed by atoms with Crippen molar-refractivity contribution in [3.8, 4) is 0 Å². The van der Waals surface area contributed by atoms with Crippen molar-refractivity contribution in [3.63, 3.8) is 0 Å². The van der Waals surface area contributed by atoms with Crippen LogP contribution < -0.4 is 11.1 Å². The number of amides is 2. The van der Waals surface area contributed by atoms with E-state index in [1.165, 1.54) is 77.0 Å². The SMILES string of the molecule is CCCCCCCCCCCCCCCC(=O)NCCCCCCCC(N)=O. The molecule has 0 bridgehead atoms. The number of rotatable bonds is 22. The van der Waals surface area contributed by atoms with E-state index in [0.29, 0.717) is 12.8 Å². The molecule has 2 amide bonds. The van der Waals surface area contributed by atoms with Crippen molar-refractivity contribution < 1.29 is 9.59 Å². The van der Waals surface area contributed by atoms with E-state index in [-0.39, 0.29) is 11.8 Å². The number of carbonyl (C=O) groups is 2. The zero-order chi connectivity index (χ0) is 20.7. The molecule has 0 aromatic heterocycles. The van der Waals surface area contributed by atoms with Gasteiger partial charge in [0.15, 0.2) is 0 Å². The minimum atomic E-state index is -0.208. The van der Waals surface area contributed by atoms with Crippen molar-refractivity contribution >= 4 is 11.8 Å². The van der Waals surface area contributed by atoms with E-state index in [2.05, 4.69) is 12.2 Å². The maximum Gasteiger partial charge on any atom is 0.219 e. The summed E-state index contributed by atoms with van der Waals surface area (Å²) in [6.07, 6.45) is 23.7. The number of nitrogens with two attached hydrogens (primary N) is 1. The van der Waals surface area contributed by atoms with Crippen molar-refractivity contribution in [2.45, 2.75) is 135 Å². The van der Waals surface area contributed by atoms with Crippen molar-refractivity contribution in [1.29, 1.82) is 0 Å². The fourth-order valence-electron chi connectivity index (χ4n) is 3.57. The number of hydrogen-bond acceptors (Lipinski definition) is 2. The highest BCUT2D eigenvalue weighted by atomic mass is 16.1. The summed E-state index contributed by atoms with van der Waals surface area (Å²) in [5.74, 6) is -0.00256. The minimum absolute atomic E-state index is 0.205. The Balaban J connectivity index is 3.16. The van der Waals surface area contributed by atoms with Gasteiger partial charge in [0.2, 0.25) is 11.8 Å². The molecule has 0 aromatic rings. The van der Waals surface area contributed by atoms with Gasteiger partial charge in [-0.25, -0.2) is 0 Å². The lowest BCUT2D eigenvalue weighted by atomic mass is 10.0. The van der Waals surface area contributed by atoms with E-state index in [0.717, 1.165) is 45.1 Å². The van der Waals surface area contributed by atoms with Crippen LogP contribution in [0, 0.1) is 0 Å². The summed E-state index contributed by atoms with van der Waals surface area (Å²) in [4.78, 5) is 22.4. The summed E-state index contributed by atoms with van der Waals surface area (Å²) in [6, 6.07) is 0. The van der Waals surface area contributed by atoms with Gasteiger partial charge >= 0.3 is 0 Å². The molecule has 0 aliphatic rings. The molecule has 166 valence electrons. The maximum atomic E-state index is 11.8. The lowest BCUT2D eigenvalue weighted by Gasteiger charge is -2.06. The lowest BCUT2D eigenvalue weighted by molar-refractivity contribution is -0.121. The smallest absolute Gasteiger partial charge is 0.219 e. The second-order valence-electron chi connectivity index (χ2n) is 8.33. The molecule has 0 saturated carbocycles. The number of unbranched alkanes of at least 4 members (excludes halogenated alkanes) is 16. The molecule has 28 heavy (non-hydrogen) atoms. The molecule has 0 atom stereocenters. The first-order valence-corrected chi connectivity index (χ1v) is 12.2. The standard InChI is InChI=1S/C24H48N2O2/c1-2-3-4-5-6-7-8-9-10-11-12-15-18-21-24(28)26-22-19-16-13-14-17-20-23(25)27/h2-22H2,1H3,(H2,25,27)(H,26,28). The van der Waals surface area contributed by atoms with E-state index >= 15 is 0 Å². The Hall–Kier alpha value is -1.06. The molecule has 0 aliphatic heterocycles. The van der Waals surface area contributed by atoms with Crippen molar-refractivity contribution in [3.05, 3.63) is 0 Å². The fourth-order valence-corrected chi connectivity index (χ4v) is 3.57. The molecule has 0 unspecified atom stereocenters. The molecular formula is C24H48N2O2. The third kappa shape index (κ3) is 23.0. The van der Waals surface area contributed by atoms with Gasteiger partial charge in [-0.2, -0.15) is 0 Å². The van der Waals surface area contributed by atoms with Gasteiger partial charge in [-0.05, 0) is 19.3 Å². The average Bonchev–Trinajstić information content (AvgIpc) is 2.67. The highest BCUT2D eigenvalue weighted by molar-refractivity contribution is 5.75. The van der Waals surface area contributed by atoms with Gasteiger partial charge in [-0.3, -0.25) is 9.59 Å². The first-order chi connectivity index (χ1) is 13.7. The van der Waals surface area contributed by atoms with Crippen LogP contribution in [0.1, 0.15) is 135 Å². The van der Waals surface area contributed by atoms with Crippen LogP contribution in [0.4, 0.5) is 0 Å². The number of carbonyl (C=O) groups excluding carboxylic acids is 2. The predicted molar refractivity (Wildman–Crippen MR) is 120 cm³/mol. The summed E-state index contributed by atoms with van der Waals surface area (Å²) in [6.45, 7) is 3.06. The van der Waals surface area contributed by atoms with E-state index in [4.69, 9.17) is 5.73 Å². The van der Waals surface area contributed by atoms with E-state index in [1.54, 1.807) is 0 Å². The van der Waals surface area contributed by atoms with Gasteiger partial charge in [0.25, 0.3) is 0 Å². The van der Waals surface area contributed by atoms with Crippen LogP contribution in [-0.2, 0) is 9.59 Å². The summed E-state index contributed by atoms with van der Waals surface area (Å²) in [5, 5.41) is 3.02. The summed E-state index contributed by atoms with van der Waals surface area (Å²) in [5.41, 5.74) is 5.11. The van der Waals surface area contributed by atoms with E-state index in [9.17, 15) is 9.59 Å². The molecule has 0 heterocycles. The highest BCUT2D eigenvalue weighted by Gasteiger charge is 2.01. The van der Waals surface area contributed by atoms with Crippen LogP contribution in [0.2, 0.25) is 0 Å². The predicted octanol–water partition coefficient (Wildman–Crippen LogP) is 6.41. The third-order valence-corrected chi connectivity index (χ3v) is 5.43. The molecule has 0 fully saturated rings. The average molecular weight is 397 g/mol. The van der Waals surface area contributed by atoms with Crippen LogP contribution in [0.25, 0.3) is 0 Å². The molecule has 0 radical (unpaired) electrons. The summed E-state index contributed by atoms with van der Waals surface area (Å²) in [7, 11) is 0. The van der Waals surface area contributed by atoms with E-state index in [1.807, 2.05) is 0 Å². The second-order valence-corrected chi connectivity index (χ2v) is 8.33. The highest BCUT2D eigenvalue weighted by Crippen LogP contribution is 2.13.